The predicted octanol–water partition coefficient (Wildman–Crippen LogP) is 4.01. The second kappa shape index (κ2) is 14.1. The molecule has 0 saturated carbocycles. The number of nitrogens with one attached hydrogen (secondary N) is 2. The van der Waals surface area contributed by atoms with E-state index in [4.69, 9.17) is 10.1 Å². The quantitative estimate of drug-likeness (QED) is 0.121. The smallest absolute Gasteiger partial charge is 0.168 e. The molecule has 1 saturated heterocycles. The van der Waals surface area contributed by atoms with E-state index in [-0.39, 0.29) is 0 Å². The molecule has 2 aromatic rings. The van der Waals surface area contributed by atoms with Crippen LogP contribution < -0.4 is 0 Å². The van der Waals surface area contributed by atoms with Crippen molar-refractivity contribution in [2.75, 3.05) is 46.4 Å². The predicted molar refractivity (Wildman–Crippen MR) is 157 cm³/mol. The van der Waals surface area contributed by atoms with Crippen LogP contribution in [-0.4, -0.2) is 88.5 Å². The molecular weight excluding hydrogens is 510 g/mol. The number of fused-ring (bicyclic) bond motifs is 1. The maximum Gasteiger partial charge on any atom is 0.168 e. The zero-order valence-corrected chi connectivity index (χ0v) is 23.9. The van der Waals surface area contributed by atoms with Crippen molar-refractivity contribution in [2.24, 2.45) is 0 Å². The number of aromatic nitrogens is 1. The van der Waals surface area contributed by atoms with Gasteiger partial charge in [0.1, 0.15) is 12.1 Å². The van der Waals surface area contributed by atoms with Crippen molar-refractivity contribution in [1.82, 2.24) is 19.1 Å². The first kappa shape index (κ1) is 29.3. The maximum atomic E-state index is 11.4. The second-order valence-corrected chi connectivity index (χ2v) is 11.3. The maximum absolute atomic E-state index is 11.4. The number of hydrogen-bond donors (Lipinski definition) is 3. The van der Waals surface area contributed by atoms with E-state index >= 15 is 0 Å². The number of likely N-dealkylation sites (tertiary alicyclic amines) is 1. The number of carbonyl (C=O) groups excluding carboxylic acids is 1. The fraction of sp³-hybridized carbons (Fsp3) is 0.467. The summed E-state index contributed by atoms with van der Waals surface area (Å²) in [6.45, 7) is 6.32. The fourth-order valence-corrected chi connectivity index (χ4v) is 5.92. The molecule has 0 amide bonds. The van der Waals surface area contributed by atoms with E-state index in [2.05, 4.69) is 63.7 Å². The molecule has 1 fully saturated rings. The van der Waals surface area contributed by atoms with Gasteiger partial charge in [0.05, 0.1) is 11.6 Å². The lowest BCUT2D eigenvalue weighted by Crippen LogP contribution is -2.48. The van der Waals surface area contributed by atoms with Gasteiger partial charge in [-0.1, -0.05) is 48.6 Å². The summed E-state index contributed by atoms with van der Waals surface area (Å²) in [6, 6.07) is 10.4. The number of aldehydes is 1. The number of likely N-dealkylation sites (N-methyl/N-ethyl adjacent to an activating group) is 1. The van der Waals surface area contributed by atoms with Gasteiger partial charge in [-0.05, 0) is 49.5 Å². The number of carbonyl (C=O) groups is 1. The lowest BCUT2D eigenvalue weighted by atomic mass is 10.0. The molecule has 2 heterocycles. The Bertz CT molecular complexity index is 1120. The molecule has 3 N–H and O–H groups in total. The molecule has 0 unspecified atom stereocenters. The topological polar surface area (TPSA) is 95.9 Å². The third-order valence-electron chi connectivity index (χ3n) is 7.20. The van der Waals surface area contributed by atoms with E-state index in [1.807, 2.05) is 24.0 Å². The number of H-pyrrole nitrogens is 1. The summed E-state index contributed by atoms with van der Waals surface area (Å²) in [5, 5.41) is 20.1. The Morgan fingerprint density at radius 3 is 2.59 bits per heavy atom. The molecule has 1 aromatic heterocycles. The lowest BCUT2D eigenvalue weighted by molar-refractivity contribution is -0.220. The Labute approximate surface area is 236 Å². The molecule has 4 rings (SSSR count). The van der Waals surface area contributed by atoms with Gasteiger partial charge in [0, 0.05) is 69.9 Å². The number of nitrogens with zero attached hydrogens (tertiary/aromatic N) is 3. The number of benzene rings is 1. The van der Waals surface area contributed by atoms with Crippen LogP contribution in [0.4, 0.5) is 0 Å². The Hall–Kier alpha value is -2.69. The van der Waals surface area contributed by atoms with Crippen molar-refractivity contribution >= 4 is 24.1 Å². The molecular formula is C30H41N5O3S. The van der Waals surface area contributed by atoms with Crippen molar-refractivity contribution in [3.05, 3.63) is 77.0 Å². The van der Waals surface area contributed by atoms with E-state index in [0.29, 0.717) is 44.9 Å². The van der Waals surface area contributed by atoms with E-state index in [1.54, 1.807) is 11.9 Å². The zero-order valence-electron chi connectivity index (χ0n) is 23.1. The standard InChI is InChI=1S/C30H41N5O3S/c1-3-38-30(37)14-16-34(17-15-30)29(31)25-12-10-24(11-13-25)23-33(2)18-19-35(20-21-36)39-28-22-26-8-6-4-5-7-9-27(26)32-28/h4-7,10-13,21-22,31-32,37H,3,8-9,14-20,23H2,1-2H3/b6-4-,7-5?,31-29?. The van der Waals surface area contributed by atoms with Gasteiger partial charge in [-0.2, -0.15) is 0 Å². The molecule has 8 nitrogen and oxygen atoms in total. The Morgan fingerprint density at radius 2 is 1.90 bits per heavy atom. The molecule has 39 heavy (non-hydrogen) atoms. The molecule has 2 aliphatic rings. The molecule has 1 aromatic carbocycles. The molecule has 0 spiro atoms. The van der Waals surface area contributed by atoms with Crippen molar-refractivity contribution in [1.29, 1.82) is 5.41 Å². The lowest BCUT2D eigenvalue weighted by Gasteiger charge is -2.38. The molecule has 1 aliphatic heterocycles. The van der Waals surface area contributed by atoms with Crippen LogP contribution in [-0.2, 0) is 28.9 Å². The Morgan fingerprint density at radius 1 is 1.18 bits per heavy atom. The zero-order chi connectivity index (χ0) is 27.7. The number of hydrogen-bond acceptors (Lipinski definition) is 7. The first-order valence-corrected chi connectivity index (χ1v) is 14.5. The number of aromatic amines is 1. The summed E-state index contributed by atoms with van der Waals surface area (Å²) >= 11 is 1.61. The number of allylic oxidation sites excluding steroid dienone is 4. The van der Waals surface area contributed by atoms with Crippen LogP contribution in [0.25, 0.3) is 0 Å². The molecule has 210 valence electrons. The summed E-state index contributed by atoms with van der Waals surface area (Å²) in [5.74, 6) is -0.575. The van der Waals surface area contributed by atoms with E-state index in [0.717, 1.165) is 49.4 Å². The van der Waals surface area contributed by atoms with Gasteiger partial charge < -0.3 is 29.4 Å². The van der Waals surface area contributed by atoms with E-state index in [9.17, 15) is 9.90 Å². The van der Waals surface area contributed by atoms with E-state index < -0.39 is 5.79 Å². The Kier molecular flexibility index (Phi) is 10.6. The molecule has 0 radical (unpaired) electrons. The van der Waals surface area contributed by atoms with Gasteiger partial charge in [-0.15, -0.1) is 0 Å². The minimum absolute atomic E-state index is 0.372. The molecule has 0 bridgehead atoms. The third-order valence-corrected chi connectivity index (χ3v) is 8.21. The molecule has 9 heteroatoms. The number of amidine groups is 1. The highest BCUT2D eigenvalue weighted by atomic mass is 32.2. The molecule has 1 aliphatic carbocycles. The number of piperidine rings is 1. The van der Waals surface area contributed by atoms with Gasteiger partial charge in [0.2, 0.25) is 0 Å². The normalized spacial score (nSPS) is 17.6. The van der Waals surface area contributed by atoms with Gasteiger partial charge in [-0.3, -0.25) is 5.41 Å². The Balaban J connectivity index is 1.25. The second-order valence-electron chi connectivity index (χ2n) is 10.2. The highest BCUT2D eigenvalue weighted by Gasteiger charge is 2.33. The van der Waals surface area contributed by atoms with Crippen LogP contribution in [0.1, 0.15) is 42.1 Å². The summed E-state index contributed by atoms with van der Waals surface area (Å²) < 4.78 is 7.59. The van der Waals surface area contributed by atoms with Gasteiger partial charge >= 0.3 is 0 Å². The van der Waals surface area contributed by atoms with Crippen LogP contribution in [0.5, 0.6) is 0 Å². The summed E-state index contributed by atoms with van der Waals surface area (Å²) in [7, 11) is 2.09. The van der Waals surface area contributed by atoms with Crippen LogP contribution in [0.3, 0.4) is 0 Å². The van der Waals surface area contributed by atoms with Crippen molar-refractivity contribution in [2.45, 2.75) is 50.0 Å². The van der Waals surface area contributed by atoms with Crippen LogP contribution in [0.2, 0.25) is 0 Å². The number of aliphatic hydroxyl groups is 1. The van der Waals surface area contributed by atoms with Gasteiger partial charge in [0.15, 0.2) is 5.79 Å². The third kappa shape index (κ3) is 8.40. The number of rotatable bonds is 12. The monoisotopic (exact) mass is 551 g/mol. The van der Waals surface area contributed by atoms with Crippen molar-refractivity contribution in [3.63, 3.8) is 0 Å². The van der Waals surface area contributed by atoms with Crippen LogP contribution in [0.15, 0.2) is 59.7 Å². The van der Waals surface area contributed by atoms with Crippen LogP contribution >= 0.6 is 11.9 Å². The molecule has 0 atom stereocenters. The highest BCUT2D eigenvalue weighted by molar-refractivity contribution is 7.97. The summed E-state index contributed by atoms with van der Waals surface area (Å²) in [6.07, 6.45) is 12.3. The largest absolute Gasteiger partial charge is 0.365 e. The van der Waals surface area contributed by atoms with Gasteiger partial charge in [-0.25, -0.2) is 4.31 Å². The van der Waals surface area contributed by atoms with Crippen molar-refractivity contribution in [3.8, 4) is 0 Å². The average Bonchev–Trinajstić information content (AvgIpc) is 3.28. The SMILES string of the molecule is CCOC1(O)CCN(C(=N)c2ccc(CN(C)CCN(CC=O)Sc3cc4c([nH]3)CC=C/C=C\C4)cc2)CC1. The average molecular weight is 552 g/mol. The van der Waals surface area contributed by atoms with Gasteiger partial charge in [0.25, 0.3) is 0 Å². The highest BCUT2D eigenvalue weighted by Crippen LogP contribution is 2.26. The minimum Gasteiger partial charge on any atom is -0.365 e. The number of ether oxygens (including phenoxy) is 1. The van der Waals surface area contributed by atoms with Crippen molar-refractivity contribution < 1.29 is 14.6 Å². The fourth-order valence-electron chi connectivity index (χ4n) is 4.97. The summed E-state index contributed by atoms with van der Waals surface area (Å²) in [4.78, 5) is 19.1. The van der Waals surface area contributed by atoms with E-state index in [1.165, 1.54) is 16.8 Å². The van der Waals surface area contributed by atoms with Crippen LogP contribution in [0, 0.1) is 5.41 Å². The minimum atomic E-state index is -1.06. The summed E-state index contributed by atoms with van der Waals surface area (Å²) in [5.41, 5.74) is 4.61. The first-order chi connectivity index (χ1) is 18.9. The first-order valence-electron chi connectivity index (χ1n) is 13.8.